The fraction of sp³-hybridized carbons (Fsp3) is 0.414. The second-order valence-electron chi connectivity index (χ2n) is 21.9. The molecule has 0 aliphatic carbocycles. The van der Waals surface area contributed by atoms with Gasteiger partial charge in [-0.1, -0.05) is 45.9 Å². The van der Waals surface area contributed by atoms with Crippen LogP contribution in [0.1, 0.15) is 83.8 Å². The number of amides is 8. The van der Waals surface area contributed by atoms with Crippen molar-refractivity contribution in [3.05, 3.63) is 115 Å². The Bertz CT molecular complexity index is 3710. The number of nitro groups is 2. The SMILES string of the molecule is CC(C)C[C@H](NC(=O)Cc1cc(=O)oc2cc(O)ccc12)C(=O)N[C@@H](CCC(=O)O)C(=O)N[C@H](C(=O)N[C@@H](CC(=O)O)C(=O)NCC(=O)N[C@@H](Cc1c[nH]c2ccccc12)C(=O)N[C@@H](CCCCNc1ccc([N+](=O)[O-])cc1[N+](=O)[O-])C(N)=O)C(C)C.O=C(O)C(F)(F)F. The highest BCUT2D eigenvalue weighted by Crippen LogP contribution is 2.29. The van der Waals surface area contributed by atoms with E-state index in [0.717, 1.165) is 18.2 Å². The normalized spacial score (nSPS) is 13.1. The molecule has 36 heteroatoms. The van der Waals surface area contributed by atoms with E-state index in [4.69, 9.17) is 20.1 Å². The van der Waals surface area contributed by atoms with Crippen LogP contribution in [-0.2, 0) is 65.6 Å². The number of nitrogens with zero attached hydrogens (tertiary/aromatic N) is 2. The van der Waals surface area contributed by atoms with Gasteiger partial charge in [-0.25, -0.2) is 9.59 Å². The number of benzene rings is 3. The number of hydrogen-bond donors (Lipinski definition) is 14. The van der Waals surface area contributed by atoms with Crippen molar-refractivity contribution in [1.82, 2.24) is 42.2 Å². The van der Waals surface area contributed by atoms with Crippen molar-refractivity contribution in [2.45, 2.75) is 128 Å². The molecule has 2 heterocycles. The molecule has 94 heavy (non-hydrogen) atoms. The molecule has 0 fully saturated rings. The number of nitrogens with two attached hydrogens (primary N) is 1. The van der Waals surface area contributed by atoms with E-state index >= 15 is 0 Å². The minimum Gasteiger partial charge on any atom is -0.508 e. The number of fused-ring (bicyclic) bond motifs is 2. The Morgan fingerprint density at radius 2 is 1.30 bits per heavy atom. The molecule has 0 aliphatic rings. The van der Waals surface area contributed by atoms with Gasteiger partial charge in [-0.2, -0.15) is 13.2 Å². The second-order valence-corrected chi connectivity index (χ2v) is 21.9. The number of carbonyl (C=O) groups is 11. The smallest absolute Gasteiger partial charge is 0.490 e. The number of halogens is 3. The van der Waals surface area contributed by atoms with Crippen LogP contribution < -0.4 is 53.9 Å². The van der Waals surface area contributed by atoms with Gasteiger partial charge < -0.3 is 78.1 Å². The van der Waals surface area contributed by atoms with Gasteiger partial charge in [0.15, 0.2) is 0 Å². The molecule has 2 aromatic heterocycles. The summed E-state index contributed by atoms with van der Waals surface area (Å²) in [6.07, 6.45) is -5.88. The molecule has 6 atom stereocenters. The summed E-state index contributed by atoms with van der Waals surface area (Å²) in [6, 6.07) is 5.88. The molecule has 5 aromatic rings. The minimum absolute atomic E-state index is 0.000751. The number of non-ortho nitro benzene ring substituents is 1. The number of hydrogen-bond acceptors (Lipinski definition) is 19. The van der Waals surface area contributed by atoms with E-state index in [1.165, 1.54) is 38.1 Å². The van der Waals surface area contributed by atoms with Crippen molar-refractivity contribution in [1.29, 1.82) is 0 Å². The predicted octanol–water partition coefficient (Wildman–Crippen LogP) is 2.05. The van der Waals surface area contributed by atoms with Gasteiger partial charge in [0.05, 0.1) is 35.3 Å². The average Bonchev–Trinajstić information content (AvgIpc) is 1.09. The van der Waals surface area contributed by atoms with Crippen LogP contribution in [0.5, 0.6) is 5.75 Å². The third-order valence-corrected chi connectivity index (χ3v) is 13.8. The number of rotatable bonds is 34. The van der Waals surface area contributed by atoms with E-state index in [9.17, 15) is 101 Å². The second kappa shape index (κ2) is 34.8. The van der Waals surface area contributed by atoms with E-state index in [1.54, 1.807) is 44.3 Å². The summed E-state index contributed by atoms with van der Waals surface area (Å²) in [5.74, 6) is -14.8. The summed E-state index contributed by atoms with van der Waals surface area (Å²) >= 11 is 0. The zero-order valence-electron chi connectivity index (χ0n) is 50.7. The maximum Gasteiger partial charge on any atom is 0.490 e. The lowest BCUT2D eigenvalue weighted by Gasteiger charge is -2.28. The number of carbonyl (C=O) groups excluding carboxylic acids is 8. The molecule has 0 unspecified atom stereocenters. The summed E-state index contributed by atoms with van der Waals surface area (Å²) in [6.45, 7) is 5.62. The molecule has 0 spiro atoms. The van der Waals surface area contributed by atoms with Crippen LogP contribution in [0.4, 0.5) is 30.2 Å². The van der Waals surface area contributed by atoms with Crippen molar-refractivity contribution in [2.75, 3.05) is 18.4 Å². The first-order valence-electron chi connectivity index (χ1n) is 28.6. The quantitative estimate of drug-likeness (QED) is 0.0121. The third-order valence-electron chi connectivity index (χ3n) is 13.8. The zero-order chi connectivity index (χ0) is 70.3. The van der Waals surface area contributed by atoms with Gasteiger partial charge in [-0.15, -0.1) is 0 Å². The van der Waals surface area contributed by atoms with Crippen LogP contribution in [-0.4, -0.2) is 156 Å². The molecule has 0 aliphatic heterocycles. The molecule has 5 rings (SSSR count). The number of phenols is 1. The maximum atomic E-state index is 14.0. The van der Waals surface area contributed by atoms with Gasteiger partial charge in [-0.05, 0) is 79.3 Å². The molecule has 0 saturated carbocycles. The molecule has 15 N–H and O–H groups in total. The summed E-state index contributed by atoms with van der Waals surface area (Å²) in [5, 5.41) is 79.8. The monoisotopic (exact) mass is 1330 g/mol. The maximum absolute atomic E-state index is 14.0. The van der Waals surface area contributed by atoms with Crippen molar-refractivity contribution in [3.8, 4) is 5.75 Å². The van der Waals surface area contributed by atoms with Crippen molar-refractivity contribution >= 4 is 104 Å². The molecular formula is C58H69F3N12O21. The molecule has 0 radical (unpaired) electrons. The summed E-state index contributed by atoms with van der Waals surface area (Å²) in [7, 11) is 0. The highest BCUT2D eigenvalue weighted by atomic mass is 19.4. The fourth-order valence-electron chi connectivity index (χ4n) is 9.18. The number of para-hydroxylation sites is 1. The van der Waals surface area contributed by atoms with E-state index in [1.807, 2.05) is 0 Å². The third kappa shape index (κ3) is 23.9. The van der Waals surface area contributed by atoms with Gasteiger partial charge in [0, 0.05) is 60.1 Å². The van der Waals surface area contributed by atoms with Crippen molar-refractivity contribution < 1.29 is 101 Å². The number of alkyl halides is 3. The molecule has 0 bridgehead atoms. The van der Waals surface area contributed by atoms with Crippen molar-refractivity contribution in [2.24, 2.45) is 17.6 Å². The Hall–Kier alpha value is -11.2. The number of aromatic hydroxyl groups is 1. The van der Waals surface area contributed by atoms with Gasteiger partial charge in [-0.3, -0.25) is 68.2 Å². The number of H-pyrrole nitrogens is 1. The average molecular weight is 1330 g/mol. The van der Waals surface area contributed by atoms with Crippen LogP contribution >= 0.6 is 0 Å². The molecule has 3 aromatic carbocycles. The van der Waals surface area contributed by atoms with Gasteiger partial charge >= 0.3 is 29.7 Å². The zero-order valence-corrected chi connectivity index (χ0v) is 50.7. The first-order chi connectivity index (χ1) is 44.0. The van der Waals surface area contributed by atoms with Crippen molar-refractivity contribution in [3.63, 3.8) is 0 Å². The summed E-state index contributed by atoms with van der Waals surface area (Å²) in [5.41, 5.74) is 5.26. The number of unbranched alkanes of at least 4 members (excludes halogenated alkanes) is 1. The van der Waals surface area contributed by atoms with Crippen LogP contribution in [0.3, 0.4) is 0 Å². The fourth-order valence-corrected chi connectivity index (χ4v) is 9.18. The van der Waals surface area contributed by atoms with E-state index in [2.05, 4.69) is 47.5 Å². The number of primary amides is 1. The van der Waals surface area contributed by atoms with Gasteiger partial charge in [0.1, 0.15) is 53.3 Å². The first-order valence-corrected chi connectivity index (χ1v) is 28.6. The Balaban J connectivity index is 0.00000254. The van der Waals surface area contributed by atoms with E-state index in [-0.39, 0.29) is 67.2 Å². The van der Waals surface area contributed by atoms with Crippen LogP contribution in [0.2, 0.25) is 0 Å². The molecule has 8 amide bonds. The van der Waals surface area contributed by atoms with E-state index in [0.29, 0.717) is 21.9 Å². The number of aromatic amines is 1. The number of phenolic OH excluding ortho intramolecular Hbond substituents is 1. The number of nitrogens with one attached hydrogen (secondary N) is 9. The molecule has 0 saturated heterocycles. The van der Waals surface area contributed by atoms with Crippen LogP contribution in [0.15, 0.2) is 82.1 Å². The Morgan fingerprint density at radius 1 is 0.670 bits per heavy atom. The van der Waals surface area contributed by atoms with Crippen LogP contribution in [0, 0.1) is 32.1 Å². The molecule has 33 nitrogen and oxygen atoms in total. The molecular weight excluding hydrogens is 1260 g/mol. The number of carboxylic acid groups (broad SMARTS) is 3. The lowest BCUT2D eigenvalue weighted by molar-refractivity contribution is -0.393. The van der Waals surface area contributed by atoms with Crippen LogP contribution in [0.25, 0.3) is 21.9 Å². The predicted molar refractivity (Wildman–Crippen MR) is 323 cm³/mol. The number of nitro benzene ring substituents is 2. The van der Waals surface area contributed by atoms with Gasteiger partial charge in [0.2, 0.25) is 47.3 Å². The largest absolute Gasteiger partial charge is 0.508 e. The Morgan fingerprint density at radius 3 is 1.90 bits per heavy atom. The molecule has 508 valence electrons. The highest BCUT2D eigenvalue weighted by Gasteiger charge is 2.39. The number of aliphatic carboxylic acids is 3. The number of carboxylic acids is 3. The summed E-state index contributed by atoms with van der Waals surface area (Å²) in [4.78, 5) is 178. The first kappa shape index (κ1) is 75.2. The summed E-state index contributed by atoms with van der Waals surface area (Å²) < 4.78 is 36.9. The lowest BCUT2D eigenvalue weighted by atomic mass is 10.00. The van der Waals surface area contributed by atoms with Gasteiger partial charge in [0.25, 0.3) is 11.4 Å². The number of anilines is 1. The minimum atomic E-state index is -5.08. The lowest BCUT2D eigenvalue weighted by Crippen LogP contribution is -2.60. The Labute approximate surface area is 529 Å². The highest BCUT2D eigenvalue weighted by molar-refractivity contribution is 5.99. The standard InChI is InChI=1S/C56H68N12O19.C2HF3O2/c1-28(2)19-40(61-45(70)21-30-22-49(76)87-44-24-33(69)13-14-35(30)44)54(80)64-39(16-17-47(72)73)53(79)66-50(29(3)4)56(82)65-42(25-48(74)75)52(78)60-27-46(71)62-41(20-31-26-59-36-10-6-5-9-34(31)36)55(81)63-38(51(57)77)11-7-8-18-58-37-15-12-32(67(83)84)23-43(37)68(85)86;3-2(4,5)1(6)7/h5-6,9-10,12-15,22-24,26,28-29,38-42,50,58-59,69H,7-8,11,16-21,25,27H2,1-4H3,(H2,57,77)(H,60,78)(H,61,70)(H,62,71)(H,63,81)(H,64,80)(H,65,82)(H,66,79)(H,72,73)(H,74,75);(H,6,7)/t38-,39-,40-,41-,42-,50-;/m0./s1. The topological polar surface area (TPSA) is 523 Å². The Kier molecular flexibility index (Phi) is 27.9. The number of aromatic nitrogens is 1. The van der Waals surface area contributed by atoms with E-state index < -0.39 is 173 Å².